The number of rotatable bonds is 3. The summed E-state index contributed by atoms with van der Waals surface area (Å²) in [7, 11) is 0. The van der Waals surface area contributed by atoms with Crippen molar-refractivity contribution in [1.82, 2.24) is 9.97 Å². The lowest BCUT2D eigenvalue weighted by molar-refractivity contribution is 0.0693. The summed E-state index contributed by atoms with van der Waals surface area (Å²) in [4.78, 5) is 18.3. The minimum Gasteiger partial charge on any atom is -0.477 e. The van der Waals surface area contributed by atoms with Crippen LogP contribution in [-0.2, 0) is 0 Å². The van der Waals surface area contributed by atoms with Crippen LogP contribution in [0.1, 0.15) is 15.9 Å². The Balaban J connectivity index is 2.41. The van der Waals surface area contributed by atoms with Crippen LogP contribution in [0.3, 0.4) is 0 Å². The van der Waals surface area contributed by atoms with Gasteiger partial charge < -0.3 is 9.84 Å². The molecule has 6 heteroatoms. The van der Waals surface area contributed by atoms with Gasteiger partial charge in [-0.1, -0.05) is 12.1 Å². The van der Waals surface area contributed by atoms with E-state index in [1.54, 1.807) is 24.3 Å². The van der Waals surface area contributed by atoms with Gasteiger partial charge >= 0.3 is 5.97 Å². The number of carbonyl (C=O) groups is 1. The molecule has 1 aromatic carbocycles. The van der Waals surface area contributed by atoms with E-state index in [9.17, 15) is 4.79 Å². The molecular formula is C12H7N3O3. The molecule has 2 rings (SSSR count). The SMILES string of the molecule is N#Cc1ccccc1Oc1ncncc1C(=O)O. The van der Waals surface area contributed by atoms with Gasteiger partial charge in [-0.05, 0) is 12.1 Å². The van der Waals surface area contributed by atoms with Gasteiger partial charge in [-0.3, -0.25) is 0 Å². The van der Waals surface area contributed by atoms with Crippen LogP contribution in [0.4, 0.5) is 0 Å². The van der Waals surface area contributed by atoms with Gasteiger partial charge in [0.1, 0.15) is 23.7 Å². The molecule has 1 aromatic heterocycles. The third kappa shape index (κ3) is 2.25. The monoisotopic (exact) mass is 241 g/mol. The third-order valence-corrected chi connectivity index (χ3v) is 2.12. The van der Waals surface area contributed by atoms with Crippen LogP contribution in [0.25, 0.3) is 0 Å². The fourth-order valence-electron chi connectivity index (χ4n) is 1.30. The van der Waals surface area contributed by atoms with Crippen molar-refractivity contribution in [2.45, 2.75) is 0 Å². The number of benzene rings is 1. The van der Waals surface area contributed by atoms with Gasteiger partial charge in [-0.15, -0.1) is 0 Å². The van der Waals surface area contributed by atoms with Crippen molar-refractivity contribution < 1.29 is 14.6 Å². The van der Waals surface area contributed by atoms with Crippen LogP contribution in [0, 0.1) is 11.3 Å². The standard InChI is InChI=1S/C12H7N3O3/c13-5-8-3-1-2-4-10(8)18-11-9(12(16)17)6-14-7-15-11/h1-4,6-7H,(H,16,17). The Morgan fingerprint density at radius 3 is 2.89 bits per heavy atom. The summed E-state index contributed by atoms with van der Waals surface area (Å²) in [6.45, 7) is 0. The van der Waals surface area contributed by atoms with Crippen molar-refractivity contribution in [2.24, 2.45) is 0 Å². The first-order chi connectivity index (χ1) is 8.72. The highest BCUT2D eigenvalue weighted by atomic mass is 16.5. The summed E-state index contributed by atoms with van der Waals surface area (Å²) in [6.07, 6.45) is 2.32. The molecule has 0 saturated heterocycles. The molecule has 2 aromatic rings. The second kappa shape index (κ2) is 4.93. The van der Waals surface area contributed by atoms with E-state index in [2.05, 4.69) is 9.97 Å². The largest absolute Gasteiger partial charge is 0.477 e. The van der Waals surface area contributed by atoms with Crippen LogP contribution in [0.2, 0.25) is 0 Å². The Bertz CT molecular complexity index is 634. The van der Waals surface area contributed by atoms with Crippen molar-refractivity contribution in [2.75, 3.05) is 0 Å². The first kappa shape index (κ1) is 11.5. The molecule has 88 valence electrons. The van der Waals surface area contributed by atoms with Gasteiger partial charge in [0.2, 0.25) is 5.88 Å². The lowest BCUT2D eigenvalue weighted by Crippen LogP contribution is -2.03. The Morgan fingerprint density at radius 2 is 2.17 bits per heavy atom. The summed E-state index contributed by atoms with van der Waals surface area (Å²) in [6, 6.07) is 8.44. The van der Waals surface area contributed by atoms with Crippen LogP contribution >= 0.6 is 0 Å². The summed E-state index contributed by atoms with van der Waals surface area (Å²) in [5.41, 5.74) is 0.137. The zero-order valence-electron chi connectivity index (χ0n) is 9.07. The predicted molar refractivity (Wildman–Crippen MR) is 60.2 cm³/mol. The lowest BCUT2D eigenvalue weighted by atomic mass is 10.2. The molecule has 1 heterocycles. The van der Waals surface area contributed by atoms with Gasteiger partial charge in [0.15, 0.2) is 0 Å². The molecule has 0 fully saturated rings. The molecule has 0 unspecified atom stereocenters. The van der Waals surface area contributed by atoms with Crippen LogP contribution in [-0.4, -0.2) is 21.0 Å². The second-order valence-corrected chi connectivity index (χ2v) is 3.26. The van der Waals surface area contributed by atoms with Crippen molar-refractivity contribution in [3.8, 4) is 17.7 Å². The Morgan fingerprint density at radius 1 is 1.39 bits per heavy atom. The van der Waals surface area contributed by atoms with Crippen LogP contribution in [0.15, 0.2) is 36.8 Å². The number of aromatic nitrogens is 2. The molecule has 0 amide bonds. The molecule has 0 bridgehead atoms. The molecular weight excluding hydrogens is 234 g/mol. The number of nitriles is 1. The Labute approximate surface area is 102 Å². The summed E-state index contributed by atoms with van der Waals surface area (Å²) >= 11 is 0. The van der Waals surface area contributed by atoms with E-state index in [-0.39, 0.29) is 17.2 Å². The Hall–Kier alpha value is -2.94. The Kier molecular flexibility index (Phi) is 3.16. The number of ether oxygens (including phenoxy) is 1. The van der Waals surface area contributed by atoms with E-state index in [1.165, 1.54) is 6.33 Å². The van der Waals surface area contributed by atoms with Gasteiger partial charge in [0, 0.05) is 6.20 Å². The average molecular weight is 241 g/mol. The molecule has 6 nitrogen and oxygen atoms in total. The van der Waals surface area contributed by atoms with E-state index >= 15 is 0 Å². The fourth-order valence-corrected chi connectivity index (χ4v) is 1.30. The molecule has 0 aliphatic rings. The lowest BCUT2D eigenvalue weighted by Gasteiger charge is -2.07. The van der Waals surface area contributed by atoms with E-state index in [4.69, 9.17) is 15.1 Å². The molecule has 1 N–H and O–H groups in total. The molecule has 0 aliphatic heterocycles. The second-order valence-electron chi connectivity index (χ2n) is 3.26. The normalized spacial score (nSPS) is 9.50. The number of hydrogen-bond donors (Lipinski definition) is 1. The summed E-state index contributed by atoms with van der Waals surface area (Å²) in [5, 5.41) is 17.8. The zero-order valence-corrected chi connectivity index (χ0v) is 9.07. The minimum absolute atomic E-state index is 0.0970. The van der Waals surface area contributed by atoms with E-state index in [0.29, 0.717) is 5.56 Å². The highest BCUT2D eigenvalue weighted by Crippen LogP contribution is 2.25. The number of nitrogens with zero attached hydrogens (tertiary/aromatic N) is 3. The molecule has 0 atom stereocenters. The highest BCUT2D eigenvalue weighted by molar-refractivity contribution is 5.89. The van der Waals surface area contributed by atoms with E-state index < -0.39 is 5.97 Å². The molecule has 0 radical (unpaired) electrons. The number of aromatic carboxylic acids is 1. The van der Waals surface area contributed by atoms with Gasteiger partial charge in [0.25, 0.3) is 0 Å². The smallest absolute Gasteiger partial charge is 0.342 e. The van der Waals surface area contributed by atoms with Crippen molar-refractivity contribution in [1.29, 1.82) is 5.26 Å². The number of hydrogen-bond acceptors (Lipinski definition) is 5. The maximum absolute atomic E-state index is 10.9. The zero-order chi connectivity index (χ0) is 13.0. The quantitative estimate of drug-likeness (QED) is 0.880. The number of para-hydroxylation sites is 1. The van der Waals surface area contributed by atoms with Gasteiger partial charge in [-0.2, -0.15) is 5.26 Å². The fraction of sp³-hybridized carbons (Fsp3) is 0. The van der Waals surface area contributed by atoms with Crippen LogP contribution < -0.4 is 4.74 Å². The van der Waals surface area contributed by atoms with Crippen molar-refractivity contribution >= 4 is 5.97 Å². The third-order valence-electron chi connectivity index (χ3n) is 2.12. The van der Waals surface area contributed by atoms with Crippen LogP contribution in [0.5, 0.6) is 11.6 Å². The predicted octanol–water partition coefficient (Wildman–Crippen LogP) is 1.84. The molecule has 0 spiro atoms. The number of carboxylic acid groups (broad SMARTS) is 1. The summed E-state index contributed by atoms with van der Waals surface area (Å²) < 4.78 is 5.34. The van der Waals surface area contributed by atoms with E-state index in [0.717, 1.165) is 6.20 Å². The van der Waals surface area contributed by atoms with Crippen molar-refractivity contribution in [3.05, 3.63) is 47.9 Å². The number of carboxylic acids is 1. The first-order valence-corrected chi connectivity index (χ1v) is 4.92. The van der Waals surface area contributed by atoms with E-state index in [1.807, 2.05) is 6.07 Å². The maximum Gasteiger partial charge on any atom is 0.342 e. The molecule has 0 saturated carbocycles. The molecule has 18 heavy (non-hydrogen) atoms. The average Bonchev–Trinajstić information content (AvgIpc) is 2.40. The molecule has 0 aliphatic carbocycles. The highest BCUT2D eigenvalue weighted by Gasteiger charge is 2.14. The first-order valence-electron chi connectivity index (χ1n) is 4.92. The van der Waals surface area contributed by atoms with Gasteiger partial charge in [0.05, 0.1) is 5.56 Å². The van der Waals surface area contributed by atoms with Gasteiger partial charge in [-0.25, -0.2) is 14.8 Å². The minimum atomic E-state index is -1.19. The maximum atomic E-state index is 10.9. The topological polar surface area (TPSA) is 96.1 Å². The van der Waals surface area contributed by atoms with Crippen molar-refractivity contribution in [3.63, 3.8) is 0 Å². The summed E-state index contributed by atoms with van der Waals surface area (Å²) in [5.74, 6) is -1.04.